The second-order valence-electron chi connectivity index (χ2n) is 5.39. The fourth-order valence-corrected chi connectivity index (χ4v) is 2.50. The molecule has 0 spiro atoms. The maximum absolute atomic E-state index is 12.7. The van der Waals surface area contributed by atoms with Crippen molar-refractivity contribution in [2.24, 2.45) is 12.5 Å². The van der Waals surface area contributed by atoms with Crippen LogP contribution < -0.4 is 5.32 Å². The van der Waals surface area contributed by atoms with E-state index in [1.807, 2.05) is 6.92 Å². The second-order valence-corrected chi connectivity index (χ2v) is 5.39. The van der Waals surface area contributed by atoms with Crippen molar-refractivity contribution in [1.29, 1.82) is 0 Å². The summed E-state index contributed by atoms with van der Waals surface area (Å²) >= 11 is 0. The van der Waals surface area contributed by atoms with E-state index in [9.17, 15) is 9.59 Å². The van der Waals surface area contributed by atoms with Crippen LogP contribution in [0, 0.1) is 5.41 Å². The second kappa shape index (κ2) is 5.60. The number of aryl methyl sites for hydroxylation is 1. The van der Waals surface area contributed by atoms with E-state index in [-0.39, 0.29) is 11.8 Å². The third kappa shape index (κ3) is 2.66. The summed E-state index contributed by atoms with van der Waals surface area (Å²) in [5.41, 5.74) is -0.237. The molecule has 1 atom stereocenters. The van der Waals surface area contributed by atoms with Crippen molar-refractivity contribution in [3.8, 4) is 0 Å². The highest BCUT2D eigenvalue weighted by atomic mass is 16.2. The van der Waals surface area contributed by atoms with Crippen molar-refractivity contribution in [2.75, 3.05) is 13.1 Å². The van der Waals surface area contributed by atoms with Gasteiger partial charge in [0.05, 0.1) is 6.54 Å². The Morgan fingerprint density at radius 3 is 2.90 bits per heavy atom. The first-order valence-electron chi connectivity index (χ1n) is 6.90. The Morgan fingerprint density at radius 2 is 2.35 bits per heavy atom. The normalized spacial score (nSPS) is 22.4. The molecule has 20 heavy (non-hydrogen) atoms. The van der Waals surface area contributed by atoms with E-state index in [0.717, 1.165) is 12.1 Å². The van der Waals surface area contributed by atoms with Gasteiger partial charge in [0.1, 0.15) is 11.1 Å². The van der Waals surface area contributed by atoms with E-state index < -0.39 is 5.41 Å². The zero-order valence-corrected chi connectivity index (χ0v) is 12.2. The minimum Gasteiger partial charge on any atom is -0.355 e. The summed E-state index contributed by atoms with van der Waals surface area (Å²) in [6.45, 7) is 5.20. The van der Waals surface area contributed by atoms with Crippen molar-refractivity contribution in [1.82, 2.24) is 25.2 Å². The van der Waals surface area contributed by atoms with Crippen molar-refractivity contribution >= 4 is 11.8 Å². The third-order valence-corrected chi connectivity index (χ3v) is 3.78. The van der Waals surface area contributed by atoms with Gasteiger partial charge in [0, 0.05) is 26.3 Å². The molecule has 1 fully saturated rings. The van der Waals surface area contributed by atoms with Gasteiger partial charge in [-0.2, -0.15) is 0 Å². The highest BCUT2D eigenvalue weighted by Gasteiger charge is 2.44. The van der Waals surface area contributed by atoms with Crippen LogP contribution in [0.1, 0.15) is 32.4 Å². The zero-order chi connectivity index (χ0) is 14.8. The Morgan fingerprint density at radius 1 is 1.60 bits per heavy atom. The van der Waals surface area contributed by atoms with Gasteiger partial charge in [0.2, 0.25) is 11.8 Å². The molecule has 7 heteroatoms. The van der Waals surface area contributed by atoms with Gasteiger partial charge < -0.3 is 10.2 Å². The molecule has 0 bridgehead atoms. The SMILES string of the molecule is CCN(Cc1cn(C)nn1)C(=O)C1(C)CCCNC1=O. The first-order valence-corrected chi connectivity index (χ1v) is 6.90. The number of carbonyl (C=O) groups excluding carboxylic acids is 2. The number of hydrogen-bond donors (Lipinski definition) is 1. The van der Waals surface area contributed by atoms with Crippen LogP contribution in [-0.4, -0.2) is 44.8 Å². The molecule has 1 unspecified atom stereocenters. The molecule has 2 rings (SSSR count). The van der Waals surface area contributed by atoms with Crippen LogP contribution in [0.15, 0.2) is 6.20 Å². The Balaban J connectivity index is 2.14. The van der Waals surface area contributed by atoms with E-state index in [0.29, 0.717) is 26.1 Å². The van der Waals surface area contributed by atoms with Gasteiger partial charge in [-0.25, -0.2) is 0 Å². The molecule has 0 aromatic carbocycles. The number of carbonyl (C=O) groups is 2. The van der Waals surface area contributed by atoms with E-state index >= 15 is 0 Å². The van der Waals surface area contributed by atoms with Crippen LogP contribution in [0.2, 0.25) is 0 Å². The van der Waals surface area contributed by atoms with E-state index in [2.05, 4.69) is 15.6 Å². The Labute approximate surface area is 118 Å². The lowest BCUT2D eigenvalue weighted by molar-refractivity contribution is -0.152. The fourth-order valence-electron chi connectivity index (χ4n) is 2.50. The number of aromatic nitrogens is 3. The molecule has 1 aliphatic heterocycles. The highest BCUT2D eigenvalue weighted by Crippen LogP contribution is 2.29. The summed E-state index contributed by atoms with van der Waals surface area (Å²) in [6.07, 6.45) is 3.20. The molecule has 1 aromatic heterocycles. The lowest BCUT2D eigenvalue weighted by Gasteiger charge is -2.35. The van der Waals surface area contributed by atoms with Gasteiger partial charge in [0.15, 0.2) is 0 Å². The molecule has 110 valence electrons. The first kappa shape index (κ1) is 14.5. The molecule has 1 aromatic rings. The summed E-state index contributed by atoms with van der Waals surface area (Å²) in [7, 11) is 1.78. The molecule has 1 N–H and O–H groups in total. The summed E-state index contributed by atoms with van der Waals surface area (Å²) in [6, 6.07) is 0. The molecule has 0 radical (unpaired) electrons. The summed E-state index contributed by atoms with van der Waals surface area (Å²) in [4.78, 5) is 26.4. The lowest BCUT2D eigenvalue weighted by atomic mass is 9.80. The number of hydrogen-bond acceptors (Lipinski definition) is 4. The summed E-state index contributed by atoms with van der Waals surface area (Å²) in [5.74, 6) is -0.311. The smallest absolute Gasteiger partial charge is 0.238 e. The van der Waals surface area contributed by atoms with Crippen LogP contribution in [-0.2, 0) is 23.2 Å². The highest BCUT2D eigenvalue weighted by molar-refractivity contribution is 6.05. The van der Waals surface area contributed by atoms with E-state index in [1.54, 1.807) is 29.7 Å². The van der Waals surface area contributed by atoms with Gasteiger partial charge in [-0.05, 0) is 26.7 Å². The van der Waals surface area contributed by atoms with Gasteiger partial charge in [-0.3, -0.25) is 14.3 Å². The topological polar surface area (TPSA) is 80.1 Å². The van der Waals surface area contributed by atoms with Crippen molar-refractivity contribution in [3.63, 3.8) is 0 Å². The maximum atomic E-state index is 12.7. The first-order chi connectivity index (χ1) is 9.47. The van der Waals surface area contributed by atoms with Crippen LogP contribution >= 0.6 is 0 Å². The molecule has 1 aliphatic rings. The van der Waals surface area contributed by atoms with Crippen molar-refractivity contribution in [3.05, 3.63) is 11.9 Å². The number of nitrogens with one attached hydrogen (secondary N) is 1. The van der Waals surface area contributed by atoms with Crippen LogP contribution in [0.25, 0.3) is 0 Å². The molecule has 2 heterocycles. The number of piperidine rings is 1. The summed E-state index contributed by atoms with van der Waals surface area (Å²) < 4.78 is 1.60. The molecule has 0 aliphatic carbocycles. The van der Waals surface area contributed by atoms with Crippen molar-refractivity contribution < 1.29 is 9.59 Å². The monoisotopic (exact) mass is 279 g/mol. The maximum Gasteiger partial charge on any atom is 0.238 e. The molecule has 2 amide bonds. The number of amides is 2. The predicted molar refractivity (Wildman–Crippen MR) is 72.4 cm³/mol. The molecular weight excluding hydrogens is 258 g/mol. The Hall–Kier alpha value is -1.92. The Kier molecular flexibility index (Phi) is 4.06. The molecule has 1 saturated heterocycles. The molecule has 0 saturated carbocycles. The Bertz CT molecular complexity index is 513. The van der Waals surface area contributed by atoms with Crippen molar-refractivity contribution in [2.45, 2.75) is 33.2 Å². The van der Waals surface area contributed by atoms with Crippen LogP contribution in [0.4, 0.5) is 0 Å². The lowest BCUT2D eigenvalue weighted by Crippen LogP contribution is -2.53. The number of nitrogens with zero attached hydrogens (tertiary/aromatic N) is 4. The molecule has 7 nitrogen and oxygen atoms in total. The average molecular weight is 279 g/mol. The fraction of sp³-hybridized carbons (Fsp3) is 0.692. The van der Waals surface area contributed by atoms with Gasteiger partial charge >= 0.3 is 0 Å². The minimum atomic E-state index is -0.962. The van der Waals surface area contributed by atoms with E-state index in [1.165, 1.54) is 0 Å². The standard InChI is InChI=1S/C13H21N5O2/c1-4-18(9-10-8-17(3)16-15-10)12(20)13(2)6-5-7-14-11(13)19/h8H,4-7,9H2,1-3H3,(H,14,19). The largest absolute Gasteiger partial charge is 0.355 e. The van der Waals surface area contributed by atoms with E-state index in [4.69, 9.17) is 0 Å². The van der Waals surface area contributed by atoms with Gasteiger partial charge in [-0.1, -0.05) is 5.21 Å². The van der Waals surface area contributed by atoms with Crippen LogP contribution in [0.5, 0.6) is 0 Å². The average Bonchev–Trinajstić information content (AvgIpc) is 2.84. The van der Waals surface area contributed by atoms with Gasteiger partial charge in [-0.15, -0.1) is 5.10 Å². The minimum absolute atomic E-state index is 0.136. The quantitative estimate of drug-likeness (QED) is 0.792. The zero-order valence-electron chi connectivity index (χ0n) is 12.2. The van der Waals surface area contributed by atoms with Gasteiger partial charge in [0.25, 0.3) is 0 Å². The molecular formula is C13H21N5O2. The predicted octanol–water partition coefficient (Wildman–Crippen LogP) is 0.0799. The third-order valence-electron chi connectivity index (χ3n) is 3.78. The summed E-state index contributed by atoms with van der Waals surface area (Å²) in [5, 5.41) is 10.6. The number of rotatable bonds is 4. The van der Waals surface area contributed by atoms with Crippen LogP contribution in [0.3, 0.4) is 0 Å².